The van der Waals surface area contributed by atoms with Gasteiger partial charge >= 0.3 is 0 Å². The van der Waals surface area contributed by atoms with Crippen LogP contribution < -0.4 is 4.74 Å². The van der Waals surface area contributed by atoms with Crippen molar-refractivity contribution in [2.45, 2.75) is 0 Å². The van der Waals surface area contributed by atoms with Crippen molar-refractivity contribution < 1.29 is 9.53 Å². The SMILES string of the molecule is O=C(c1cc(Cl)nc(Cl)c1)N1CCN(CCOc2ccc(Cl)cc2)CC1. The fraction of sp³-hybridized carbons (Fsp3) is 0.333. The minimum Gasteiger partial charge on any atom is -0.492 e. The zero-order valence-corrected chi connectivity index (χ0v) is 16.3. The zero-order valence-electron chi connectivity index (χ0n) is 14.0. The molecule has 0 radical (unpaired) electrons. The number of nitrogens with zero attached hydrogens (tertiary/aromatic N) is 3. The molecule has 1 aliphatic heterocycles. The van der Waals surface area contributed by atoms with Gasteiger partial charge in [0.15, 0.2) is 0 Å². The Morgan fingerprint density at radius 2 is 1.62 bits per heavy atom. The molecular formula is C18H18Cl3N3O2. The van der Waals surface area contributed by atoms with Crippen LogP contribution in [0, 0.1) is 0 Å². The first-order chi connectivity index (χ1) is 12.5. The quantitative estimate of drug-likeness (QED) is 0.697. The van der Waals surface area contributed by atoms with Gasteiger partial charge in [0.2, 0.25) is 0 Å². The van der Waals surface area contributed by atoms with Gasteiger partial charge in [0.05, 0.1) is 0 Å². The van der Waals surface area contributed by atoms with Gasteiger partial charge < -0.3 is 9.64 Å². The van der Waals surface area contributed by atoms with E-state index in [9.17, 15) is 4.79 Å². The summed E-state index contributed by atoms with van der Waals surface area (Å²) < 4.78 is 5.72. The molecule has 0 bridgehead atoms. The number of halogens is 3. The molecule has 0 N–H and O–H groups in total. The lowest BCUT2D eigenvalue weighted by atomic mass is 10.2. The summed E-state index contributed by atoms with van der Waals surface area (Å²) >= 11 is 17.6. The molecule has 1 fully saturated rings. The van der Waals surface area contributed by atoms with Crippen LogP contribution in [0.15, 0.2) is 36.4 Å². The number of aromatic nitrogens is 1. The van der Waals surface area contributed by atoms with Crippen LogP contribution in [-0.4, -0.2) is 60.0 Å². The molecule has 138 valence electrons. The van der Waals surface area contributed by atoms with Crippen molar-refractivity contribution in [3.63, 3.8) is 0 Å². The number of piperazine rings is 1. The second-order valence-corrected chi connectivity index (χ2v) is 7.15. The second-order valence-electron chi connectivity index (χ2n) is 5.94. The summed E-state index contributed by atoms with van der Waals surface area (Å²) in [5, 5.41) is 1.13. The maximum Gasteiger partial charge on any atom is 0.254 e. The molecule has 0 saturated carbocycles. The number of pyridine rings is 1. The van der Waals surface area contributed by atoms with Crippen LogP contribution in [0.3, 0.4) is 0 Å². The third-order valence-corrected chi connectivity index (χ3v) is 4.80. The number of ether oxygens (including phenoxy) is 1. The van der Waals surface area contributed by atoms with Crippen molar-refractivity contribution in [2.24, 2.45) is 0 Å². The van der Waals surface area contributed by atoms with Crippen molar-refractivity contribution in [2.75, 3.05) is 39.3 Å². The van der Waals surface area contributed by atoms with Crippen molar-refractivity contribution in [1.29, 1.82) is 0 Å². The van der Waals surface area contributed by atoms with Gasteiger partial charge in [0.25, 0.3) is 5.91 Å². The average molecular weight is 415 g/mol. The van der Waals surface area contributed by atoms with Gasteiger partial charge in [-0.3, -0.25) is 9.69 Å². The van der Waals surface area contributed by atoms with Gasteiger partial charge in [0, 0.05) is 43.3 Å². The normalized spacial score (nSPS) is 15.1. The summed E-state index contributed by atoms with van der Waals surface area (Å²) in [5.41, 5.74) is 0.467. The summed E-state index contributed by atoms with van der Waals surface area (Å²) in [6.07, 6.45) is 0. The maximum atomic E-state index is 12.6. The molecule has 1 saturated heterocycles. The van der Waals surface area contributed by atoms with Crippen molar-refractivity contribution >= 4 is 40.7 Å². The molecule has 1 aromatic heterocycles. The Balaban J connectivity index is 1.45. The van der Waals surface area contributed by atoms with Crippen LogP contribution in [0.4, 0.5) is 0 Å². The summed E-state index contributed by atoms with van der Waals surface area (Å²) in [5.74, 6) is 0.725. The lowest BCUT2D eigenvalue weighted by molar-refractivity contribution is 0.0620. The third-order valence-electron chi connectivity index (χ3n) is 4.16. The average Bonchev–Trinajstić information content (AvgIpc) is 2.62. The first kappa shape index (κ1) is 19.2. The number of carbonyl (C=O) groups excluding carboxylic acids is 1. The van der Waals surface area contributed by atoms with E-state index >= 15 is 0 Å². The Morgan fingerprint density at radius 3 is 2.23 bits per heavy atom. The molecule has 0 aliphatic carbocycles. The number of hydrogen-bond acceptors (Lipinski definition) is 4. The van der Waals surface area contributed by atoms with E-state index in [1.54, 1.807) is 29.2 Å². The molecule has 3 rings (SSSR count). The van der Waals surface area contributed by atoms with Crippen LogP contribution in [0.1, 0.15) is 10.4 Å². The molecule has 8 heteroatoms. The lowest BCUT2D eigenvalue weighted by Gasteiger charge is -2.34. The highest BCUT2D eigenvalue weighted by atomic mass is 35.5. The second kappa shape index (κ2) is 8.91. The monoisotopic (exact) mass is 413 g/mol. The Hall–Kier alpha value is -1.53. The van der Waals surface area contributed by atoms with E-state index in [-0.39, 0.29) is 16.2 Å². The highest BCUT2D eigenvalue weighted by molar-refractivity contribution is 6.33. The van der Waals surface area contributed by atoms with Crippen LogP contribution in [0.5, 0.6) is 5.75 Å². The Kier molecular flexibility index (Phi) is 6.59. The molecule has 0 unspecified atom stereocenters. The number of amides is 1. The smallest absolute Gasteiger partial charge is 0.254 e. The molecular weight excluding hydrogens is 397 g/mol. The lowest BCUT2D eigenvalue weighted by Crippen LogP contribution is -2.49. The van der Waals surface area contributed by atoms with Crippen LogP contribution in [0.2, 0.25) is 15.3 Å². The van der Waals surface area contributed by atoms with E-state index in [0.717, 1.165) is 25.4 Å². The molecule has 1 aromatic carbocycles. The fourth-order valence-corrected chi connectivity index (χ4v) is 3.36. The van der Waals surface area contributed by atoms with E-state index in [0.29, 0.717) is 30.3 Å². The van der Waals surface area contributed by atoms with Crippen LogP contribution in [-0.2, 0) is 0 Å². The minimum absolute atomic E-state index is 0.0757. The van der Waals surface area contributed by atoms with Crippen molar-refractivity contribution in [1.82, 2.24) is 14.8 Å². The van der Waals surface area contributed by atoms with E-state index in [2.05, 4.69) is 9.88 Å². The molecule has 2 heterocycles. The molecule has 1 amide bonds. The third kappa shape index (κ3) is 5.24. The predicted octanol–water partition coefficient (Wildman–Crippen LogP) is 3.88. The number of rotatable bonds is 5. The Labute approximate surface area is 167 Å². The summed E-state index contributed by atoms with van der Waals surface area (Å²) in [6, 6.07) is 10.4. The van der Waals surface area contributed by atoms with E-state index in [1.807, 2.05) is 12.1 Å². The summed E-state index contributed by atoms with van der Waals surface area (Å²) in [7, 11) is 0. The van der Waals surface area contributed by atoms with Gasteiger partial charge in [-0.15, -0.1) is 0 Å². The topological polar surface area (TPSA) is 45.7 Å². The molecule has 0 spiro atoms. The molecule has 0 atom stereocenters. The van der Waals surface area contributed by atoms with Gasteiger partial charge in [-0.2, -0.15) is 0 Å². The Morgan fingerprint density at radius 1 is 1.00 bits per heavy atom. The van der Waals surface area contributed by atoms with Crippen LogP contribution in [0.25, 0.3) is 0 Å². The first-order valence-electron chi connectivity index (χ1n) is 8.24. The standard InChI is InChI=1S/C18H18Cl3N3O2/c19-14-1-3-15(4-2-14)26-10-9-23-5-7-24(8-6-23)18(25)13-11-16(20)22-17(21)12-13/h1-4,11-12H,5-10H2. The summed E-state index contributed by atoms with van der Waals surface area (Å²) in [6.45, 7) is 4.28. The first-order valence-corrected chi connectivity index (χ1v) is 9.38. The van der Waals surface area contributed by atoms with Crippen molar-refractivity contribution in [3.05, 3.63) is 57.3 Å². The number of benzene rings is 1. The molecule has 5 nitrogen and oxygen atoms in total. The van der Waals surface area contributed by atoms with E-state index in [1.165, 1.54) is 0 Å². The molecule has 26 heavy (non-hydrogen) atoms. The summed E-state index contributed by atoms with van der Waals surface area (Å²) in [4.78, 5) is 20.5. The van der Waals surface area contributed by atoms with Crippen molar-refractivity contribution in [3.8, 4) is 5.75 Å². The van der Waals surface area contributed by atoms with Gasteiger partial charge in [-0.1, -0.05) is 34.8 Å². The molecule has 2 aromatic rings. The van der Waals surface area contributed by atoms with Gasteiger partial charge in [-0.25, -0.2) is 4.98 Å². The fourth-order valence-electron chi connectivity index (χ4n) is 2.77. The number of hydrogen-bond donors (Lipinski definition) is 0. The largest absolute Gasteiger partial charge is 0.492 e. The van der Waals surface area contributed by atoms with E-state index in [4.69, 9.17) is 39.5 Å². The highest BCUT2D eigenvalue weighted by Crippen LogP contribution is 2.18. The minimum atomic E-state index is -0.0757. The highest BCUT2D eigenvalue weighted by Gasteiger charge is 2.22. The Bertz CT molecular complexity index is 743. The van der Waals surface area contributed by atoms with Gasteiger partial charge in [-0.05, 0) is 36.4 Å². The van der Waals surface area contributed by atoms with Crippen LogP contribution >= 0.6 is 34.8 Å². The molecule has 1 aliphatic rings. The zero-order chi connectivity index (χ0) is 18.5. The van der Waals surface area contributed by atoms with Gasteiger partial charge in [0.1, 0.15) is 22.7 Å². The number of carbonyl (C=O) groups is 1. The maximum absolute atomic E-state index is 12.6. The predicted molar refractivity (Wildman–Crippen MR) is 104 cm³/mol. The van der Waals surface area contributed by atoms with E-state index < -0.39 is 0 Å².